The molecule has 0 unspecified atom stereocenters. The van der Waals surface area contributed by atoms with Gasteiger partial charge in [0.15, 0.2) is 19.3 Å². The van der Waals surface area contributed by atoms with E-state index in [0.717, 1.165) is 8.95 Å². The van der Waals surface area contributed by atoms with Crippen LogP contribution in [0.4, 0.5) is 0 Å². The van der Waals surface area contributed by atoms with Gasteiger partial charge in [-0.25, -0.2) is 0 Å². The van der Waals surface area contributed by atoms with E-state index < -0.39 is 0 Å². The van der Waals surface area contributed by atoms with Crippen LogP contribution in [0.5, 0.6) is 11.5 Å². The van der Waals surface area contributed by atoms with E-state index in [2.05, 4.69) is 31.9 Å². The molecule has 1 rings (SSSR count). The highest BCUT2D eigenvalue weighted by Gasteiger charge is 2.09. The van der Waals surface area contributed by atoms with Crippen molar-refractivity contribution in [2.75, 3.05) is 27.8 Å². The van der Waals surface area contributed by atoms with Crippen molar-refractivity contribution in [3.05, 3.63) is 21.1 Å². The molecule has 0 saturated carbocycles. The van der Waals surface area contributed by atoms with E-state index in [4.69, 9.17) is 18.9 Å². The summed E-state index contributed by atoms with van der Waals surface area (Å²) in [6.07, 6.45) is 0. The van der Waals surface area contributed by atoms with Gasteiger partial charge >= 0.3 is 0 Å². The van der Waals surface area contributed by atoms with E-state index in [1.807, 2.05) is 0 Å². The van der Waals surface area contributed by atoms with Gasteiger partial charge < -0.3 is 18.9 Å². The first-order valence-electron chi connectivity index (χ1n) is 4.41. The number of ether oxygens (including phenoxy) is 4. The number of hydrogen-bond acceptors (Lipinski definition) is 4. The van der Waals surface area contributed by atoms with Crippen LogP contribution in [0.3, 0.4) is 0 Å². The van der Waals surface area contributed by atoms with Crippen LogP contribution in [-0.4, -0.2) is 27.8 Å². The maximum atomic E-state index is 5.37. The largest absolute Gasteiger partial charge is 0.467 e. The molecule has 16 heavy (non-hydrogen) atoms. The maximum absolute atomic E-state index is 5.37. The smallest absolute Gasteiger partial charge is 0.188 e. The van der Waals surface area contributed by atoms with E-state index in [1.165, 1.54) is 0 Å². The molecule has 0 bridgehead atoms. The van der Waals surface area contributed by atoms with Gasteiger partial charge in [-0.1, -0.05) is 0 Å². The van der Waals surface area contributed by atoms with Crippen molar-refractivity contribution in [3.63, 3.8) is 0 Å². The highest BCUT2D eigenvalue weighted by Crippen LogP contribution is 2.37. The van der Waals surface area contributed by atoms with Crippen LogP contribution in [-0.2, 0) is 9.47 Å². The summed E-state index contributed by atoms with van der Waals surface area (Å²) in [5.41, 5.74) is 0. The predicted molar refractivity (Wildman–Crippen MR) is 66.9 cm³/mol. The van der Waals surface area contributed by atoms with Gasteiger partial charge in [-0.3, -0.25) is 0 Å². The lowest BCUT2D eigenvalue weighted by Gasteiger charge is -2.11. The van der Waals surface area contributed by atoms with Crippen LogP contribution >= 0.6 is 31.9 Å². The summed E-state index contributed by atoms with van der Waals surface area (Å²) in [5, 5.41) is 0. The van der Waals surface area contributed by atoms with E-state index >= 15 is 0 Å². The van der Waals surface area contributed by atoms with E-state index in [9.17, 15) is 0 Å². The molecule has 6 heteroatoms. The molecule has 0 spiro atoms. The Bertz CT molecular complexity index is 321. The minimum absolute atomic E-state index is 0.190. The Morgan fingerprint density at radius 3 is 1.94 bits per heavy atom. The lowest BCUT2D eigenvalue weighted by Crippen LogP contribution is -2.02. The fraction of sp³-hybridized carbons (Fsp3) is 0.400. The zero-order valence-electron chi connectivity index (χ0n) is 8.96. The number of rotatable bonds is 6. The summed E-state index contributed by atoms with van der Waals surface area (Å²) >= 11 is 6.78. The van der Waals surface area contributed by atoms with E-state index in [1.54, 1.807) is 26.4 Å². The van der Waals surface area contributed by atoms with Gasteiger partial charge in [0.05, 0.1) is 8.95 Å². The normalized spacial score (nSPS) is 10.2. The highest BCUT2D eigenvalue weighted by molar-refractivity contribution is 9.11. The Morgan fingerprint density at radius 2 is 1.44 bits per heavy atom. The molecule has 90 valence electrons. The molecule has 0 atom stereocenters. The molecule has 0 aliphatic carbocycles. The quantitative estimate of drug-likeness (QED) is 0.734. The lowest BCUT2D eigenvalue weighted by molar-refractivity contribution is 0.0474. The topological polar surface area (TPSA) is 36.9 Å². The van der Waals surface area contributed by atoms with Gasteiger partial charge in [-0.2, -0.15) is 0 Å². The second-order valence-corrected chi connectivity index (χ2v) is 4.53. The molecular weight excluding hydrogens is 344 g/mol. The maximum Gasteiger partial charge on any atom is 0.188 e. The molecular formula is C10H12Br2O4. The summed E-state index contributed by atoms with van der Waals surface area (Å²) in [7, 11) is 3.14. The molecule has 0 fully saturated rings. The van der Waals surface area contributed by atoms with E-state index in [-0.39, 0.29) is 13.6 Å². The molecule has 1 aromatic rings. The Kier molecular flexibility index (Phi) is 6.12. The Labute approximate surface area is 111 Å². The first kappa shape index (κ1) is 13.8. The average Bonchev–Trinajstić information content (AvgIpc) is 2.25. The van der Waals surface area contributed by atoms with Gasteiger partial charge in [0, 0.05) is 14.2 Å². The molecule has 0 amide bonds. The summed E-state index contributed by atoms with van der Waals surface area (Å²) in [6, 6.07) is 3.60. The fourth-order valence-electron chi connectivity index (χ4n) is 1.00. The fourth-order valence-corrected chi connectivity index (χ4v) is 2.38. The van der Waals surface area contributed by atoms with Crippen molar-refractivity contribution in [1.29, 1.82) is 0 Å². The Morgan fingerprint density at radius 1 is 0.938 bits per heavy atom. The summed E-state index contributed by atoms with van der Waals surface area (Å²) in [4.78, 5) is 0. The lowest BCUT2D eigenvalue weighted by atomic mass is 10.3. The number of hydrogen-bond donors (Lipinski definition) is 0. The van der Waals surface area contributed by atoms with Gasteiger partial charge in [-0.05, 0) is 44.0 Å². The standard InChI is InChI=1S/C10H12Br2O4/c1-13-5-15-7-3-8(11)10(9(12)4-7)16-6-14-2/h3-4H,5-6H2,1-2H3. The van der Waals surface area contributed by atoms with Crippen LogP contribution in [0.15, 0.2) is 21.1 Å². The molecule has 0 aromatic heterocycles. The van der Waals surface area contributed by atoms with Gasteiger partial charge in [-0.15, -0.1) is 0 Å². The summed E-state index contributed by atoms with van der Waals surface area (Å²) < 4.78 is 21.9. The number of halogens is 2. The monoisotopic (exact) mass is 354 g/mol. The summed E-state index contributed by atoms with van der Waals surface area (Å²) in [6.45, 7) is 0.395. The van der Waals surface area contributed by atoms with Crippen molar-refractivity contribution in [2.45, 2.75) is 0 Å². The molecule has 0 N–H and O–H groups in total. The van der Waals surface area contributed by atoms with E-state index in [0.29, 0.717) is 11.5 Å². The molecule has 0 aliphatic heterocycles. The molecule has 1 aromatic carbocycles. The van der Waals surface area contributed by atoms with Gasteiger partial charge in [0.1, 0.15) is 5.75 Å². The van der Waals surface area contributed by atoms with Crippen molar-refractivity contribution < 1.29 is 18.9 Å². The van der Waals surface area contributed by atoms with Crippen LogP contribution in [0.25, 0.3) is 0 Å². The Hall–Kier alpha value is -0.300. The minimum Gasteiger partial charge on any atom is -0.467 e. The molecule has 4 nitrogen and oxygen atoms in total. The first-order valence-corrected chi connectivity index (χ1v) is 6.00. The average molecular weight is 356 g/mol. The second-order valence-electron chi connectivity index (χ2n) is 2.82. The number of methoxy groups -OCH3 is 2. The third-order valence-corrected chi connectivity index (χ3v) is 2.81. The van der Waals surface area contributed by atoms with Crippen LogP contribution < -0.4 is 9.47 Å². The van der Waals surface area contributed by atoms with Crippen molar-refractivity contribution in [3.8, 4) is 11.5 Å². The van der Waals surface area contributed by atoms with Crippen LogP contribution in [0.1, 0.15) is 0 Å². The third-order valence-electron chi connectivity index (χ3n) is 1.64. The minimum atomic E-state index is 0.190. The molecule has 0 heterocycles. The molecule has 0 aliphatic rings. The zero-order valence-corrected chi connectivity index (χ0v) is 12.1. The highest BCUT2D eigenvalue weighted by atomic mass is 79.9. The van der Waals surface area contributed by atoms with Crippen molar-refractivity contribution >= 4 is 31.9 Å². The summed E-state index contributed by atoms with van der Waals surface area (Å²) in [5.74, 6) is 1.36. The SMILES string of the molecule is COCOc1cc(Br)c(OCOC)c(Br)c1. The number of benzene rings is 1. The Balaban J connectivity index is 2.80. The second kappa shape index (κ2) is 7.11. The van der Waals surface area contributed by atoms with Crippen molar-refractivity contribution in [2.24, 2.45) is 0 Å². The van der Waals surface area contributed by atoms with Crippen LogP contribution in [0.2, 0.25) is 0 Å². The molecule has 0 radical (unpaired) electrons. The third kappa shape index (κ3) is 3.93. The van der Waals surface area contributed by atoms with Gasteiger partial charge in [0.2, 0.25) is 0 Å². The predicted octanol–water partition coefficient (Wildman–Crippen LogP) is 3.18. The van der Waals surface area contributed by atoms with Gasteiger partial charge in [0.25, 0.3) is 0 Å². The van der Waals surface area contributed by atoms with Crippen LogP contribution in [0, 0.1) is 0 Å². The first-order chi connectivity index (χ1) is 7.69. The van der Waals surface area contributed by atoms with Crippen molar-refractivity contribution in [1.82, 2.24) is 0 Å². The molecule has 0 saturated heterocycles. The zero-order chi connectivity index (χ0) is 12.0.